The van der Waals surface area contributed by atoms with E-state index in [1.165, 1.54) is 32.8 Å². The molecule has 152 valence electrons. The summed E-state index contributed by atoms with van der Waals surface area (Å²) in [5.74, 6) is 2.49. The van der Waals surface area contributed by atoms with Gasteiger partial charge in [-0.1, -0.05) is 26.0 Å². The standard InChI is InChI=1S/C20H32N4O2.HI/c1-14(2)16-7-11-17(12-8-16)23-19(21-3)22-13-15-5-9-18(10-6-15)24-20(25)26-4;/h5-6,9-10,14,16-17H,7-8,11-13H2,1-4H3,(H,24,25)(H2,21,22,23);1H. The van der Waals surface area contributed by atoms with Crippen LogP contribution in [0.3, 0.4) is 0 Å². The smallest absolute Gasteiger partial charge is 0.411 e. The highest BCUT2D eigenvalue weighted by Crippen LogP contribution is 2.29. The minimum atomic E-state index is -0.465. The number of nitrogens with zero attached hydrogens (tertiary/aromatic N) is 1. The lowest BCUT2D eigenvalue weighted by atomic mass is 9.80. The van der Waals surface area contributed by atoms with E-state index in [1.807, 2.05) is 24.3 Å². The summed E-state index contributed by atoms with van der Waals surface area (Å²) < 4.78 is 4.58. The van der Waals surface area contributed by atoms with E-state index in [4.69, 9.17) is 0 Å². The molecular weight excluding hydrogens is 455 g/mol. The quantitative estimate of drug-likeness (QED) is 0.327. The molecule has 0 atom stereocenters. The Kier molecular flexibility index (Phi) is 10.5. The van der Waals surface area contributed by atoms with E-state index < -0.39 is 6.09 Å². The van der Waals surface area contributed by atoms with E-state index in [1.54, 1.807) is 7.05 Å². The fraction of sp³-hybridized carbons (Fsp3) is 0.600. The molecule has 27 heavy (non-hydrogen) atoms. The van der Waals surface area contributed by atoms with Crippen molar-refractivity contribution in [2.24, 2.45) is 16.8 Å². The van der Waals surface area contributed by atoms with Crippen molar-refractivity contribution >= 4 is 41.7 Å². The van der Waals surface area contributed by atoms with Crippen molar-refractivity contribution in [2.45, 2.75) is 52.1 Å². The van der Waals surface area contributed by atoms with E-state index in [9.17, 15) is 4.79 Å². The Labute approximate surface area is 179 Å². The summed E-state index contributed by atoms with van der Waals surface area (Å²) in [5, 5.41) is 9.55. The summed E-state index contributed by atoms with van der Waals surface area (Å²) in [6.45, 7) is 5.33. The molecule has 1 aliphatic rings. The molecule has 3 N–H and O–H groups in total. The lowest BCUT2D eigenvalue weighted by Crippen LogP contribution is -2.44. The monoisotopic (exact) mass is 488 g/mol. The summed E-state index contributed by atoms with van der Waals surface area (Å²) in [6.07, 6.45) is 4.53. The van der Waals surface area contributed by atoms with Crippen LogP contribution in [0.15, 0.2) is 29.3 Å². The summed E-state index contributed by atoms with van der Waals surface area (Å²) in [5.41, 5.74) is 1.83. The molecule has 0 unspecified atom stereocenters. The first-order valence-corrected chi connectivity index (χ1v) is 9.43. The molecule has 6 nitrogen and oxygen atoms in total. The average Bonchev–Trinajstić information content (AvgIpc) is 2.66. The second-order valence-corrected chi connectivity index (χ2v) is 7.24. The summed E-state index contributed by atoms with van der Waals surface area (Å²) in [7, 11) is 3.15. The molecule has 2 rings (SSSR count). The van der Waals surface area contributed by atoms with E-state index >= 15 is 0 Å². The van der Waals surface area contributed by atoms with Gasteiger partial charge in [0.25, 0.3) is 0 Å². The van der Waals surface area contributed by atoms with Crippen LogP contribution in [-0.2, 0) is 11.3 Å². The number of hydrogen-bond acceptors (Lipinski definition) is 3. The van der Waals surface area contributed by atoms with Gasteiger partial charge in [-0.3, -0.25) is 10.3 Å². The molecule has 0 aliphatic heterocycles. The van der Waals surface area contributed by atoms with Gasteiger partial charge in [0, 0.05) is 25.3 Å². The molecule has 1 aliphatic carbocycles. The third-order valence-corrected chi connectivity index (χ3v) is 5.12. The molecule has 1 saturated carbocycles. The van der Waals surface area contributed by atoms with Crippen LogP contribution in [-0.4, -0.2) is 32.3 Å². The molecule has 1 aromatic carbocycles. The van der Waals surface area contributed by atoms with Gasteiger partial charge in [-0.15, -0.1) is 24.0 Å². The molecule has 0 saturated heterocycles. The molecule has 0 aromatic heterocycles. The number of guanidine groups is 1. The second-order valence-electron chi connectivity index (χ2n) is 7.24. The van der Waals surface area contributed by atoms with Crippen molar-refractivity contribution in [1.29, 1.82) is 0 Å². The highest BCUT2D eigenvalue weighted by molar-refractivity contribution is 14.0. The Morgan fingerprint density at radius 2 is 1.81 bits per heavy atom. The first kappa shape index (κ1) is 23.5. The lowest BCUT2D eigenvalue weighted by Gasteiger charge is -2.32. The topological polar surface area (TPSA) is 74.8 Å². The number of amides is 1. The Morgan fingerprint density at radius 3 is 2.33 bits per heavy atom. The van der Waals surface area contributed by atoms with Crippen LogP contribution < -0.4 is 16.0 Å². The van der Waals surface area contributed by atoms with Crippen molar-refractivity contribution in [1.82, 2.24) is 10.6 Å². The normalized spacial score (nSPS) is 19.8. The number of carbonyl (C=O) groups is 1. The first-order chi connectivity index (χ1) is 12.5. The highest BCUT2D eigenvalue weighted by Gasteiger charge is 2.23. The van der Waals surface area contributed by atoms with Gasteiger partial charge in [-0.25, -0.2) is 4.79 Å². The van der Waals surface area contributed by atoms with Crippen LogP contribution >= 0.6 is 24.0 Å². The average molecular weight is 488 g/mol. The van der Waals surface area contributed by atoms with Crippen molar-refractivity contribution in [3.63, 3.8) is 0 Å². The summed E-state index contributed by atoms with van der Waals surface area (Å²) in [4.78, 5) is 15.5. The van der Waals surface area contributed by atoms with Gasteiger partial charge in [0.05, 0.1) is 7.11 Å². The van der Waals surface area contributed by atoms with Gasteiger partial charge < -0.3 is 15.4 Å². The zero-order chi connectivity index (χ0) is 18.9. The molecule has 0 bridgehead atoms. The number of ether oxygens (including phenoxy) is 1. The Morgan fingerprint density at radius 1 is 1.19 bits per heavy atom. The molecule has 0 spiro atoms. The number of carbonyl (C=O) groups excluding carboxylic acids is 1. The number of benzene rings is 1. The maximum absolute atomic E-state index is 11.2. The fourth-order valence-electron chi connectivity index (χ4n) is 3.38. The van der Waals surface area contributed by atoms with Gasteiger partial charge in [0.2, 0.25) is 0 Å². The van der Waals surface area contributed by atoms with Crippen molar-refractivity contribution in [2.75, 3.05) is 19.5 Å². The van der Waals surface area contributed by atoms with Gasteiger partial charge >= 0.3 is 6.09 Å². The predicted octanol–water partition coefficient (Wildman–Crippen LogP) is 4.36. The third-order valence-electron chi connectivity index (χ3n) is 5.12. The minimum absolute atomic E-state index is 0. The van der Waals surface area contributed by atoms with Gasteiger partial charge in [0.1, 0.15) is 0 Å². The Bertz CT molecular complexity index is 597. The van der Waals surface area contributed by atoms with Crippen LogP contribution in [0.25, 0.3) is 0 Å². The van der Waals surface area contributed by atoms with Crippen LogP contribution in [0.5, 0.6) is 0 Å². The Hall–Kier alpha value is -1.51. The predicted molar refractivity (Wildman–Crippen MR) is 122 cm³/mol. The van der Waals surface area contributed by atoms with Gasteiger partial charge in [-0.05, 0) is 55.2 Å². The maximum atomic E-state index is 11.2. The first-order valence-electron chi connectivity index (χ1n) is 9.43. The molecule has 1 fully saturated rings. The molecule has 0 radical (unpaired) electrons. The molecular formula is C20H33IN4O2. The second kappa shape index (κ2) is 12.0. The molecule has 7 heteroatoms. The fourth-order valence-corrected chi connectivity index (χ4v) is 3.38. The number of rotatable bonds is 5. The summed E-state index contributed by atoms with van der Waals surface area (Å²) in [6, 6.07) is 8.16. The Balaban J connectivity index is 0.00000364. The SMILES string of the molecule is CN=C(NCc1ccc(NC(=O)OC)cc1)NC1CCC(C(C)C)CC1.I. The van der Waals surface area contributed by atoms with Crippen LogP contribution in [0.1, 0.15) is 45.1 Å². The number of nitrogens with one attached hydrogen (secondary N) is 3. The van der Waals surface area contributed by atoms with Crippen molar-refractivity contribution in [3.05, 3.63) is 29.8 Å². The highest BCUT2D eigenvalue weighted by atomic mass is 127. The van der Waals surface area contributed by atoms with Crippen LogP contribution in [0.4, 0.5) is 10.5 Å². The number of aliphatic imine (C=N–C) groups is 1. The minimum Gasteiger partial charge on any atom is -0.453 e. The zero-order valence-electron chi connectivity index (χ0n) is 16.7. The number of hydrogen-bond donors (Lipinski definition) is 3. The van der Waals surface area contributed by atoms with Crippen LogP contribution in [0.2, 0.25) is 0 Å². The zero-order valence-corrected chi connectivity index (χ0v) is 19.1. The largest absolute Gasteiger partial charge is 0.453 e. The molecule has 0 heterocycles. The maximum Gasteiger partial charge on any atom is 0.411 e. The van der Waals surface area contributed by atoms with E-state index in [0.29, 0.717) is 18.3 Å². The molecule has 1 aromatic rings. The van der Waals surface area contributed by atoms with E-state index in [0.717, 1.165) is 23.4 Å². The summed E-state index contributed by atoms with van der Waals surface area (Å²) >= 11 is 0. The molecule has 1 amide bonds. The number of anilines is 1. The lowest BCUT2D eigenvalue weighted by molar-refractivity contribution is 0.187. The number of halogens is 1. The van der Waals surface area contributed by atoms with Gasteiger partial charge in [0.15, 0.2) is 5.96 Å². The van der Waals surface area contributed by atoms with E-state index in [2.05, 4.69) is 39.5 Å². The van der Waals surface area contributed by atoms with Crippen LogP contribution in [0, 0.1) is 11.8 Å². The third kappa shape index (κ3) is 7.94. The van der Waals surface area contributed by atoms with Crippen molar-refractivity contribution in [3.8, 4) is 0 Å². The van der Waals surface area contributed by atoms with Crippen molar-refractivity contribution < 1.29 is 9.53 Å². The van der Waals surface area contributed by atoms with Gasteiger partial charge in [-0.2, -0.15) is 0 Å². The van der Waals surface area contributed by atoms with E-state index in [-0.39, 0.29) is 24.0 Å². The number of methoxy groups -OCH3 is 1.